The molecule has 4 rings (SSSR count). The first-order valence-electron chi connectivity index (χ1n) is 12.0. The molecule has 0 bridgehead atoms. The van der Waals surface area contributed by atoms with Crippen molar-refractivity contribution in [2.24, 2.45) is 5.92 Å². The topological polar surface area (TPSA) is 100 Å². The summed E-state index contributed by atoms with van der Waals surface area (Å²) in [4.78, 5) is 33.8. The van der Waals surface area contributed by atoms with Gasteiger partial charge in [0.15, 0.2) is 0 Å². The summed E-state index contributed by atoms with van der Waals surface area (Å²) in [6, 6.07) is 6.56. The summed E-state index contributed by atoms with van der Waals surface area (Å²) in [5.74, 6) is -0.483. The Morgan fingerprint density at radius 3 is 2.46 bits per heavy atom. The number of benzene rings is 1. The molecular weight excluding hydrogens is 462 g/mol. The molecule has 8 nitrogen and oxygen atoms in total. The fourth-order valence-corrected chi connectivity index (χ4v) is 5.47. The van der Waals surface area contributed by atoms with E-state index in [-0.39, 0.29) is 36.7 Å². The molecule has 35 heavy (non-hydrogen) atoms. The molecule has 0 saturated carbocycles. The van der Waals surface area contributed by atoms with Gasteiger partial charge >= 0.3 is 0 Å². The molecule has 1 aromatic carbocycles. The van der Waals surface area contributed by atoms with Crippen molar-refractivity contribution in [2.45, 2.75) is 65.3 Å². The molecule has 0 aliphatic carbocycles. The van der Waals surface area contributed by atoms with E-state index in [0.717, 1.165) is 27.3 Å². The van der Waals surface area contributed by atoms with Gasteiger partial charge in [-0.05, 0) is 43.4 Å². The van der Waals surface area contributed by atoms with E-state index in [4.69, 9.17) is 0 Å². The van der Waals surface area contributed by atoms with Crippen LogP contribution in [0, 0.1) is 19.8 Å². The third kappa shape index (κ3) is 5.31. The van der Waals surface area contributed by atoms with Gasteiger partial charge in [-0.25, -0.2) is 4.98 Å². The summed E-state index contributed by atoms with van der Waals surface area (Å²) in [5, 5.41) is 17.7. The summed E-state index contributed by atoms with van der Waals surface area (Å²) in [7, 11) is 0. The lowest BCUT2D eigenvalue weighted by Gasteiger charge is -2.30. The maximum absolute atomic E-state index is 13.6. The van der Waals surface area contributed by atoms with Gasteiger partial charge in [-0.3, -0.25) is 14.3 Å². The second-order valence-corrected chi connectivity index (χ2v) is 10.6. The Balaban J connectivity index is 1.47. The molecule has 1 fully saturated rings. The van der Waals surface area contributed by atoms with Crippen LogP contribution in [-0.2, 0) is 9.59 Å². The van der Waals surface area contributed by atoms with Crippen LogP contribution < -0.4 is 5.32 Å². The molecule has 0 radical (unpaired) electrons. The summed E-state index contributed by atoms with van der Waals surface area (Å²) >= 11 is 1.60. The number of thiazole rings is 1. The predicted molar refractivity (Wildman–Crippen MR) is 136 cm³/mol. The molecule has 9 heteroatoms. The van der Waals surface area contributed by atoms with E-state index in [1.165, 1.54) is 4.90 Å². The Hall–Kier alpha value is -3.04. The molecule has 3 heterocycles. The van der Waals surface area contributed by atoms with Gasteiger partial charge in [0, 0.05) is 19.2 Å². The number of aliphatic hydroxyl groups excluding tert-OH is 1. The van der Waals surface area contributed by atoms with Crippen molar-refractivity contribution in [3.05, 3.63) is 59.0 Å². The first-order chi connectivity index (χ1) is 16.7. The van der Waals surface area contributed by atoms with Crippen LogP contribution >= 0.6 is 11.3 Å². The lowest BCUT2D eigenvalue weighted by atomic mass is 10.0. The Morgan fingerprint density at radius 2 is 1.89 bits per heavy atom. The van der Waals surface area contributed by atoms with Crippen LogP contribution in [0.3, 0.4) is 0 Å². The minimum absolute atomic E-state index is 0.0251. The average molecular weight is 496 g/mol. The van der Waals surface area contributed by atoms with Crippen molar-refractivity contribution >= 4 is 23.2 Å². The summed E-state index contributed by atoms with van der Waals surface area (Å²) in [6.45, 7) is 9.89. The molecule has 3 aromatic rings. The number of aryl methyl sites for hydroxylation is 2. The first-order valence-corrected chi connectivity index (χ1v) is 12.8. The normalized spacial score (nSPS) is 19.7. The van der Waals surface area contributed by atoms with Gasteiger partial charge in [-0.15, -0.1) is 11.3 Å². The monoisotopic (exact) mass is 495 g/mol. The predicted octanol–water partition coefficient (Wildman–Crippen LogP) is 3.66. The SMILES string of the molecule is Cc1cnn(C(C(=O)N2CC(O)CC2C(=O)NC(C)c2ccc(-c3scnc3C)cc2)C(C)C)c1. The maximum Gasteiger partial charge on any atom is 0.248 e. The van der Waals surface area contributed by atoms with Crippen LogP contribution in [0.5, 0.6) is 0 Å². The number of amides is 2. The Bertz CT molecular complexity index is 1190. The highest BCUT2D eigenvalue weighted by molar-refractivity contribution is 7.13. The fraction of sp³-hybridized carbons (Fsp3) is 0.462. The number of β-amino-alcohol motifs (C(OH)–C–C–N with tert-alkyl or cyclic N) is 1. The molecule has 0 spiro atoms. The number of aliphatic hydroxyl groups is 1. The van der Waals surface area contributed by atoms with E-state index < -0.39 is 18.2 Å². The van der Waals surface area contributed by atoms with E-state index in [1.807, 2.05) is 70.6 Å². The number of carbonyl (C=O) groups is 2. The van der Waals surface area contributed by atoms with E-state index >= 15 is 0 Å². The van der Waals surface area contributed by atoms with Gasteiger partial charge < -0.3 is 15.3 Å². The smallest absolute Gasteiger partial charge is 0.248 e. The van der Waals surface area contributed by atoms with Gasteiger partial charge in [0.25, 0.3) is 0 Å². The van der Waals surface area contributed by atoms with Crippen LogP contribution in [0.2, 0.25) is 0 Å². The molecule has 1 aliphatic rings. The van der Waals surface area contributed by atoms with Crippen molar-refractivity contribution < 1.29 is 14.7 Å². The van der Waals surface area contributed by atoms with Crippen molar-refractivity contribution in [3.8, 4) is 10.4 Å². The highest BCUT2D eigenvalue weighted by Gasteiger charge is 2.42. The zero-order valence-electron chi connectivity index (χ0n) is 20.8. The van der Waals surface area contributed by atoms with Gasteiger partial charge in [0.1, 0.15) is 12.1 Å². The molecule has 2 aromatic heterocycles. The zero-order valence-corrected chi connectivity index (χ0v) is 21.6. The van der Waals surface area contributed by atoms with E-state index in [9.17, 15) is 14.7 Å². The third-order valence-electron chi connectivity index (χ3n) is 6.54. The minimum Gasteiger partial charge on any atom is -0.391 e. The fourth-order valence-electron chi connectivity index (χ4n) is 4.66. The van der Waals surface area contributed by atoms with Crippen molar-refractivity contribution in [2.75, 3.05) is 6.54 Å². The number of hydrogen-bond donors (Lipinski definition) is 2. The molecule has 2 N–H and O–H groups in total. The molecule has 186 valence electrons. The van der Waals surface area contributed by atoms with Crippen LogP contribution in [0.4, 0.5) is 0 Å². The number of nitrogens with one attached hydrogen (secondary N) is 1. The van der Waals surface area contributed by atoms with Gasteiger partial charge in [-0.1, -0.05) is 38.1 Å². The van der Waals surface area contributed by atoms with E-state index in [1.54, 1.807) is 22.2 Å². The van der Waals surface area contributed by atoms with Gasteiger partial charge in [-0.2, -0.15) is 5.10 Å². The minimum atomic E-state index is -0.737. The average Bonchev–Trinajstić information content (AvgIpc) is 3.53. The van der Waals surface area contributed by atoms with Crippen molar-refractivity contribution in [1.82, 2.24) is 25.0 Å². The Morgan fingerprint density at radius 1 is 1.17 bits per heavy atom. The van der Waals surface area contributed by atoms with Crippen LogP contribution in [0.15, 0.2) is 42.2 Å². The number of hydrogen-bond acceptors (Lipinski definition) is 6. The number of aromatic nitrogens is 3. The van der Waals surface area contributed by atoms with Crippen molar-refractivity contribution in [3.63, 3.8) is 0 Å². The van der Waals surface area contributed by atoms with E-state index in [2.05, 4.69) is 15.4 Å². The first kappa shape index (κ1) is 25.1. The highest BCUT2D eigenvalue weighted by Crippen LogP contribution is 2.29. The largest absolute Gasteiger partial charge is 0.391 e. The summed E-state index contributed by atoms with van der Waals surface area (Å²) < 4.78 is 1.66. The Kier molecular flexibility index (Phi) is 7.37. The van der Waals surface area contributed by atoms with Crippen LogP contribution in [-0.4, -0.2) is 55.3 Å². The molecule has 1 saturated heterocycles. The van der Waals surface area contributed by atoms with Gasteiger partial charge in [0.05, 0.1) is 34.4 Å². The molecule has 4 unspecified atom stereocenters. The number of carbonyl (C=O) groups excluding carboxylic acids is 2. The molecule has 4 atom stereocenters. The molecular formula is C26H33N5O3S. The lowest BCUT2D eigenvalue weighted by Crippen LogP contribution is -2.49. The molecule has 2 amide bonds. The number of likely N-dealkylation sites (tertiary alicyclic amines) is 1. The Labute approximate surface area is 210 Å². The quantitative estimate of drug-likeness (QED) is 0.521. The number of rotatable bonds is 7. The zero-order chi connectivity index (χ0) is 25.3. The highest BCUT2D eigenvalue weighted by atomic mass is 32.1. The third-order valence-corrected chi connectivity index (χ3v) is 7.52. The van der Waals surface area contributed by atoms with Gasteiger partial charge in [0.2, 0.25) is 11.8 Å². The second-order valence-electron chi connectivity index (χ2n) is 9.70. The summed E-state index contributed by atoms with van der Waals surface area (Å²) in [6.07, 6.45) is 3.04. The second kappa shape index (κ2) is 10.3. The summed E-state index contributed by atoms with van der Waals surface area (Å²) in [5.41, 5.74) is 5.86. The van der Waals surface area contributed by atoms with Crippen LogP contribution in [0.1, 0.15) is 56.1 Å². The maximum atomic E-state index is 13.6. The number of nitrogens with zero attached hydrogens (tertiary/aromatic N) is 4. The molecule has 1 aliphatic heterocycles. The standard InChI is InChI=1S/C26H33N5O3S/c1-15(2)23(31-12-16(3)11-28-31)26(34)30-13-21(32)10-22(30)25(33)29-17(4)19-6-8-20(9-7-19)24-18(5)27-14-35-24/h6-9,11-12,14-15,17,21-23,32H,10,13H2,1-5H3,(H,29,33). The lowest BCUT2D eigenvalue weighted by molar-refractivity contribution is -0.142. The van der Waals surface area contributed by atoms with Crippen LogP contribution in [0.25, 0.3) is 10.4 Å². The van der Waals surface area contributed by atoms with E-state index in [0.29, 0.717) is 0 Å². The van der Waals surface area contributed by atoms with Crippen molar-refractivity contribution in [1.29, 1.82) is 0 Å².